The molecule has 0 bridgehead atoms. The molecule has 130 valence electrons. The molecule has 0 aliphatic heterocycles. The molecule has 0 aromatic rings. The molecule has 0 rings (SSSR count). The molecule has 0 aromatic heterocycles. The third kappa shape index (κ3) is 16.6. The van der Waals surface area contributed by atoms with Crippen LogP contribution in [-0.4, -0.2) is 18.6 Å². The number of nitrogens with two attached hydrogens (primary N) is 2. The van der Waals surface area contributed by atoms with Crippen LogP contribution in [0.5, 0.6) is 0 Å². The number of guanidine groups is 1. The predicted octanol–water partition coefficient (Wildman–Crippen LogP) is 3.60. The molecule has 2 amide bonds. The lowest BCUT2D eigenvalue weighted by molar-refractivity contribution is 0.138. The van der Waals surface area contributed by atoms with Gasteiger partial charge < -0.3 is 16.3 Å². The zero-order valence-corrected chi connectivity index (χ0v) is 14.1. The van der Waals surface area contributed by atoms with Crippen LogP contribution in [0.3, 0.4) is 0 Å². The standard InChI is InChI=1S/C16H34N4O2/c1-2-3-4-5-6-7-8-9-10-11-12-13-14-22-20-15(17)19-16(18)21/h2-14H2,1H3,(H5,17,18,19,20,21). The zero-order valence-electron chi connectivity index (χ0n) is 14.1. The molecule has 0 spiro atoms. The molecule has 0 saturated heterocycles. The molecule has 0 heterocycles. The Morgan fingerprint density at radius 2 is 1.32 bits per heavy atom. The summed E-state index contributed by atoms with van der Waals surface area (Å²) in [7, 11) is 0. The molecule has 0 fully saturated rings. The van der Waals surface area contributed by atoms with Crippen LogP contribution >= 0.6 is 0 Å². The Labute approximate surface area is 135 Å². The van der Waals surface area contributed by atoms with Crippen LogP contribution in [0.4, 0.5) is 4.79 Å². The minimum absolute atomic E-state index is 0.105. The second kappa shape index (κ2) is 15.9. The second-order valence-electron chi connectivity index (χ2n) is 5.69. The van der Waals surface area contributed by atoms with Crippen LogP contribution in [0.25, 0.3) is 0 Å². The molecule has 22 heavy (non-hydrogen) atoms. The SMILES string of the molecule is CCCCCCCCCCCCCCON=C(N)NC(N)=O. The normalized spacial score (nSPS) is 11.4. The molecule has 0 radical (unpaired) electrons. The third-order valence-electron chi connectivity index (χ3n) is 3.50. The number of hydrogen-bond donors (Lipinski definition) is 3. The van der Waals surface area contributed by atoms with Crippen molar-refractivity contribution >= 4 is 12.0 Å². The Bertz CT molecular complexity index is 296. The van der Waals surface area contributed by atoms with Crippen LogP contribution in [0.2, 0.25) is 0 Å². The number of hydrogen-bond acceptors (Lipinski definition) is 3. The van der Waals surface area contributed by atoms with E-state index in [2.05, 4.69) is 17.4 Å². The van der Waals surface area contributed by atoms with Gasteiger partial charge in [-0.15, -0.1) is 0 Å². The van der Waals surface area contributed by atoms with Gasteiger partial charge in [-0.3, -0.25) is 5.32 Å². The number of carbonyl (C=O) groups is 1. The predicted molar refractivity (Wildman–Crippen MR) is 91.4 cm³/mol. The van der Waals surface area contributed by atoms with Crippen molar-refractivity contribution in [3.63, 3.8) is 0 Å². The van der Waals surface area contributed by atoms with Crippen molar-refractivity contribution in [2.24, 2.45) is 16.6 Å². The van der Waals surface area contributed by atoms with E-state index in [-0.39, 0.29) is 5.96 Å². The number of primary amides is 1. The van der Waals surface area contributed by atoms with Gasteiger partial charge in [0, 0.05) is 0 Å². The smallest absolute Gasteiger partial charge is 0.319 e. The number of oxime groups is 1. The van der Waals surface area contributed by atoms with Crippen molar-refractivity contribution in [2.75, 3.05) is 6.61 Å². The van der Waals surface area contributed by atoms with Crippen molar-refractivity contribution in [1.29, 1.82) is 0 Å². The largest absolute Gasteiger partial charge is 0.393 e. The first-order valence-electron chi connectivity index (χ1n) is 8.68. The summed E-state index contributed by atoms with van der Waals surface area (Å²) in [6.07, 6.45) is 15.6. The van der Waals surface area contributed by atoms with E-state index in [1.54, 1.807) is 0 Å². The van der Waals surface area contributed by atoms with E-state index in [1.165, 1.54) is 64.2 Å². The number of nitrogens with one attached hydrogen (secondary N) is 1. The lowest BCUT2D eigenvalue weighted by Gasteiger charge is -2.03. The lowest BCUT2D eigenvalue weighted by Crippen LogP contribution is -2.40. The minimum atomic E-state index is -0.741. The topological polar surface area (TPSA) is 103 Å². The highest BCUT2D eigenvalue weighted by molar-refractivity contribution is 5.94. The Morgan fingerprint density at radius 3 is 1.77 bits per heavy atom. The first kappa shape index (κ1) is 20.5. The molecular weight excluding hydrogens is 280 g/mol. The van der Waals surface area contributed by atoms with Gasteiger partial charge in [-0.1, -0.05) is 71.1 Å². The van der Waals surface area contributed by atoms with Crippen molar-refractivity contribution < 1.29 is 9.63 Å². The average Bonchev–Trinajstić information content (AvgIpc) is 2.47. The summed E-state index contributed by atoms with van der Waals surface area (Å²) in [6, 6.07) is -0.741. The van der Waals surface area contributed by atoms with E-state index < -0.39 is 6.03 Å². The Balaban J connectivity index is 3.16. The molecule has 0 unspecified atom stereocenters. The van der Waals surface area contributed by atoms with Gasteiger partial charge in [-0.2, -0.15) is 0 Å². The molecule has 5 N–H and O–H groups in total. The molecule has 6 heteroatoms. The summed E-state index contributed by atoms with van der Waals surface area (Å²) in [5.74, 6) is -0.105. The fourth-order valence-corrected chi connectivity index (χ4v) is 2.27. The number of urea groups is 1. The Kier molecular flexibility index (Phi) is 14.9. The van der Waals surface area contributed by atoms with Crippen LogP contribution in [0.15, 0.2) is 5.16 Å². The van der Waals surface area contributed by atoms with E-state index in [0.717, 1.165) is 12.8 Å². The van der Waals surface area contributed by atoms with Crippen LogP contribution < -0.4 is 16.8 Å². The molecular formula is C16H34N4O2. The third-order valence-corrected chi connectivity index (χ3v) is 3.50. The van der Waals surface area contributed by atoms with Gasteiger partial charge in [0.2, 0.25) is 5.96 Å². The Hall–Kier alpha value is -1.46. The van der Waals surface area contributed by atoms with E-state index in [1.807, 2.05) is 0 Å². The molecule has 0 aromatic carbocycles. The fourth-order valence-electron chi connectivity index (χ4n) is 2.27. The van der Waals surface area contributed by atoms with Gasteiger partial charge in [0.25, 0.3) is 0 Å². The monoisotopic (exact) mass is 314 g/mol. The molecule has 6 nitrogen and oxygen atoms in total. The van der Waals surface area contributed by atoms with Gasteiger partial charge in [-0.25, -0.2) is 4.79 Å². The number of rotatable bonds is 14. The van der Waals surface area contributed by atoms with Crippen LogP contribution in [-0.2, 0) is 4.84 Å². The van der Waals surface area contributed by atoms with E-state index in [9.17, 15) is 4.79 Å². The van der Waals surface area contributed by atoms with E-state index in [4.69, 9.17) is 16.3 Å². The summed E-state index contributed by atoms with van der Waals surface area (Å²) in [6.45, 7) is 2.77. The van der Waals surface area contributed by atoms with E-state index in [0.29, 0.717) is 6.61 Å². The highest BCUT2D eigenvalue weighted by atomic mass is 16.6. The van der Waals surface area contributed by atoms with Gasteiger partial charge in [0.1, 0.15) is 6.61 Å². The molecule has 0 aliphatic carbocycles. The quantitative estimate of drug-likeness (QED) is 0.197. The Morgan fingerprint density at radius 1 is 0.864 bits per heavy atom. The fraction of sp³-hybridized carbons (Fsp3) is 0.875. The number of nitrogens with zero attached hydrogens (tertiary/aromatic N) is 1. The number of unbranched alkanes of at least 4 members (excludes halogenated alkanes) is 11. The second-order valence-corrected chi connectivity index (χ2v) is 5.69. The summed E-state index contributed by atoms with van der Waals surface area (Å²) in [5, 5.41) is 5.67. The van der Waals surface area contributed by atoms with Crippen molar-refractivity contribution in [3.05, 3.63) is 0 Å². The maximum atomic E-state index is 10.5. The first-order valence-corrected chi connectivity index (χ1v) is 8.68. The number of carbonyl (C=O) groups excluding carboxylic acids is 1. The highest BCUT2D eigenvalue weighted by Gasteiger charge is 1.96. The van der Waals surface area contributed by atoms with Crippen LogP contribution in [0, 0.1) is 0 Å². The zero-order chi connectivity index (χ0) is 16.5. The maximum Gasteiger partial charge on any atom is 0.319 e. The minimum Gasteiger partial charge on any atom is -0.393 e. The van der Waals surface area contributed by atoms with E-state index >= 15 is 0 Å². The average molecular weight is 314 g/mol. The van der Waals surface area contributed by atoms with Gasteiger partial charge >= 0.3 is 6.03 Å². The molecule has 0 saturated carbocycles. The summed E-state index contributed by atoms with van der Waals surface area (Å²) >= 11 is 0. The molecule has 0 aliphatic rings. The van der Waals surface area contributed by atoms with Gasteiger partial charge in [0.05, 0.1) is 0 Å². The lowest BCUT2D eigenvalue weighted by atomic mass is 10.1. The summed E-state index contributed by atoms with van der Waals surface area (Å²) < 4.78 is 0. The van der Waals surface area contributed by atoms with Gasteiger partial charge in [-0.05, 0) is 18.0 Å². The van der Waals surface area contributed by atoms with Gasteiger partial charge in [0.15, 0.2) is 0 Å². The number of amides is 2. The van der Waals surface area contributed by atoms with Crippen molar-refractivity contribution in [3.8, 4) is 0 Å². The van der Waals surface area contributed by atoms with Crippen molar-refractivity contribution in [1.82, 2.24) is 5.32 Å². The maximum absolute atomic E-state index is 10.5. The summed E-state index contributed by atoms with van der Waals surface area (Å²) in [5.41, 5.74) is 10.2. The highest BCUT2D eigenvalue weighted by Crippen LogP contribution is 2.11. The molecule has 0 atom stereocenters. The summed E-state index contributed by atoms with van der Waals surface area (Å²) in [4.78, 5) is 15.4. The van der Waals surface area contributed by atoms with Crippen LogP contribution in [0.1, 0.15) is 84.0 Å². The first-order chi connectivity index (χ1) is 10.7. The van der Waals surface area contributed by atoms with Crippen molar-refractivity contribution in [2.45, 2.75) is 84.0 Å².